The highest BCUT2D eigenvalue weighted by atomic mass is 19.1. The first kappa shape index (κ1) is 22.8. The van der Waals surface area contributed by atoms with Gasteiger partial charge in [0.1, 0.15) is 23.9 Å². The van der Waals surface area contributed by atoms with E-state index in [9.17, 15) is 14.0 Å². The van der Waals surface area contributed by atoms with Gasteiger partial charge in [-0.15, -0.1) is 5.10 Å². The molecule has 2 heterocycles. The highest BCUT2D eigenvalue weighted by Crippen LogP contribution is 2.22. The van der Waals surface area contributed by atoms with Crippen LogP contribution in [-0.2, 0) is 20.9 Å². The van der Waals surface area contributed by atoms with Crippen molar-refractivity contribution >= 4 is 28.5 Å². The zero-order chi connectivity index (χ0) is 23.2. The Kier molecular flexibility index (Phi) is 7.29. The predicted octanol–water partition coefficient (Wildman–Crippen LogP) is 3.07. The smallest absolute Gasteiger partial charge is 0.249 e. The second-order valence-corrected chi connectivity index (χ2v) is 8.16. The van der Waals surface area contributed by atoms with Crippen LogP contribution in [0.3, 0.4) is 0 Å². The second-order valence-electron chi connectivity index (χ2n) is 8.16. The Morgan fingerprint density at radius 3 is 2.76 bits per heavy atom. The average molecular weight is 454 g/mol. The molecule has 2 atom stereocenters. The van der Waals surface area contributed by atoms with Crippen molar-refractivity contribution in [2.24, 2.45) is 0 Å². The molecule has 0 radical (unpaired) electrons. The number of halogens is 1. The third-order valence-corrected chi connectivity index (χ3v) is 5.78. The molecule has 2 aromatic carbocycles. The van der Waals surface area contributed by atoms with Crippen LogP contribution in [0, 0.1) is 5.82 Å². The van der Waals surface area contributed by atoms with Crippen LogP contribution in [0.2, 0.25) is 0 Å². The molecule has 4 rings (SSSR count). The summed E-state index contributed by atoms with van der Waals surface area (Å²) in [6.07, 6.45) is 3.02. The number of carbonyl (C=O) groups excluding carboxylic acids is 2. The van der Waals surface area contributed by atoms with Gasteiger partial charge >= 0.3 is 0 Å². The van der Waals surface area contributed by atoms with Crippen molar-refractivity contribution in [2.45, 2.75) is 51.3 Å². The van der Waals surface area contributed by atoms with Crippen LogP contribution in [-0.4, -0.2) is 52.1 Å². The quantitative estimate of drug-likeness (QED) is 0.538. The fourth-order valence-electron chi connectivity index (χ4n) is 4.13. The summed E-state index contributed by atoms with van der Waals surface area (Å²) < 4.78 is 20.7. The molecule has 1 N–H and O–H groups in total. The van der Waals surface area contributed by atoms with Crippen LogP contribution in [0.25, 0.3) is 11.0 Å². The van der Waals surface area contributed by atoms with Crippen molar-refractivity contribution in [3.05, 3.63) is 54.3 Å². The van der Waals surface area contributed by atoms with Crippen LogP contribution in [0.1, 0.15) is 32.6 Å². The van der Waals surface area contributed by atoms with E-state index in [2.05, 4.69) is 15.6 Å². The lowest BCUT2D eigenvalue weighted by molar-refractivity contribution is -0.127. The van der Waals surface area contributed by atoms with Gasteiger partial charge in [-0.05, 0) is 55.7 Å². The van der Waals surface area contributed by atoms with Crippen molar-refractivity contribution in [1.82, 2.24) is 20.3 Å². The highest BCUT2D eigenvalue weighted by molar-refractivity contribution is 6.01. The Morgan fingerprint density at radius 1 is 1.24 bits per heavy atom. The van der Waals surface area contributed by atoms with Crippen molar-refractivity contribution in [2.75, 3.05) is 18.1 Å². The monoisotopic (exact) mass is 453 g/mol. The predicted molar refractivity (Wildman–Crippen MR) is 122 cm³/mol. The largest absolute Gasteiger partial charge is 0.376 e. The molecule has 174 valence electrons. The maximum Gasteiger partial charge on any atom is 0.249 e. The summed E-state index contributed by atoms with van der Waals surface area (Å²) in [6.45, 7) is 2.96. The molecule has 33 heavy (non-hydrogen) atoms. The molecular weight excluding hydrogens is 425 g/mol. The molecule has 3 aromatic rings. The molecule has 9 heteroatoms. The normalized spacial score (nSPS) is 16.6. The third kappa shape index (κ3) is 5.36. The van der Waals surface area contributed by atoms with Gasteiger partial charge in [0, 0.05) is 18.8 Å². The summed E-state index contributed by atoms with van der Waals surface area (Å²) in [5.41, 5.74) is 1.86. The minimum absolute atomic E-state index is 0.00675. The van der Waals surface area contributed by atoms with E-state index >= 15 is 0 Å². The molecule has 0 saturated carbocycles. The number of benzene rings is 2. The molecule has 1 aromatic heterocycles. The maximum absolute atomic E-state index is 13.6. The van der Waals surface area contributed by atoms with Crippen LogP contribution in [0.15, 0.2) is 48.5 Å². The molecule has 0 bridgehead atoms. The van der Waals surface area contributed by atoms with E-state index < -0.39 is 11.9 Å². The van der Waals surface area contributed by atoms with E-state index in [1.807, 2.05) is 31.2 Å². The maximum atomic E-state index is 13.6. The van der Waals surface area contributed by atoms with E-state index in [4.69, 9.17) is 4.74 Å². The summed E-state index contributed by atoms with van der Waals surface area (Å²) in [5.74, 6) is -1.00. The van der Waals surface area contributed by atoms with Gasteiger partial charge in [0.15, 0.2) is 0 Å². The van der Waals surface area contributed by atoms with Crippen LogP contribution < -0.4 is 10.2 Å². The van der Waals surface area contributed by atoms with Crippen LogP contribution >= 0.6 is 0 Å². The number of rotatable bonds is 9. The summed E-state index contributed by atoms with van der Waals surface area (Å²) in [6, 6.07) is 12.2. The van der Waals surface area contributed by atoms with Crippen LogP contribution in [0.5, 0.6) is 0 Å². The Hall–Kier alpha value is -3.33. The van der Waals surface area contributed by atoms with Crippen LogP contribution in [0.4, 0.5) is 10.1 Å². The van der Waals surface area contributed by atoms with Gasteiger partial charge < -0.3 is 10.1 Å². The lowest BCUT2D eigenvalue weighted by Crippen LogP contribution is -2.52. The second kappa shape index (κ2) is 10.5. The fourth-order valence-corrected chi connectivity index (χ4v) is 4.13. The molecule has 8 nitrogen and oxygen atoms in total. The third-order valence-electron chi connectivity index (χ3n) is 5.78. The van der Waals surface area contributed by atoms with Gasteiger partial charge in [-0.3, -0.25) is 14.5 Å². The first-order valence-electron chi connectivity index (χ1n) is 11.3. The molecule has 1 aliphatic rings. The molecule has 0 spiro atoms. The number of fused-ring (bicyclic) bond motifs is 1. The van der Waals surface area contributed by atoms with Gasteiger partial charge in [0.05, 0.1) is 11.6 Å². The number of para-hydroxylation sites is 1. The fraction of sp³-hybridized carbons (Fsp3) is 0.417. The summed E-state index contributed by atoms with van der Waals surface area (Å²) >= 11 is 0. The topological polar surface area (TPSA) is 89.4 Å². The number of amides is 2. The number of aromatic nitrogens is 3. The van der Waals surface area contributed by atoms with Gasteiger partial charge in [0.2, 0.25) is 11.8 Å². The van der Waals surface area contributed by atoms with Gasteiger partial charge in [-0.1, -0.05) is 30.7 Å². The Labute approximate surface area is 191 Å². The molecule has 1 aliphatic heterocycles. The molecular formula is C24H28FN5O3. The first-order chi connectivity index (χ1) is 16.1. The van der Waals surface area contributed by atoms with Gasteiger partial charge in [-0.25, -0.2) is 9.07 Å². The van der Waals surface area contributed by atoms with E-state index in [1.54, 1.807) is 0 Å². The number of hydrogen-bond acceptors (Lipinski definition) is 5. The van der Waals surface area contributed by atoms with E-state index in [0.717, 1.165) is 18.4 Å². The van der Waals surface area contributed by atoms with Gasteiger partial charge in [0.25, 0.3) is 0 Å². The zero-order valence-electron chi connectivity index (χ0n) is 18.6. The number of anilines is 1. The standard InChI is InChI=1S/C24H28FN5O3/c1-2-6-22(24(32)26-15-19-7-5-14-33-19)30(18-12-10-17(25)11-13-18)23(31)16-29-21-9-4-3-8-20(21)27-28-29/h3-4,8-13,19,22H,2,5-7,14-16H2,1H3,(H,26,32). The van der Waals surface area contributed by atoms with Crippen molar-refractivity contribution < 1.29 is 18.7 Å². The Balaban J connectivity index is 1.60. The number of ether oxygens (including phenoxy) is 1. The van der Waals surface area contributed by atoms with Crippen molar-refractivity contribution in [3.63, 3.8) is 0 Å². The lowest BCUT2D eigenvalue weighted by atomic mass is 10.1. The van der Waals surface area contributed by atoms with Crippen molar-refractivity contribution in [1.29, 1.82) is 0 Å². The Morgan fingerprint density at radius 2 is 2.03 bits per heavy atom. The molecule has 1 fully saturated rings. The molecule has 2 amide bonds. The summed E-state index contributed by atoms with van der Waals surface area (Å²) in [7, 11) is 0. The molecule has 2 unspecified atom stereocenters. The number of hydrogen-bond donors (Lipinski definition) is 1. The highest BCUT2D eigenvalue weighted by Gasteiger charge is 2.31. The first-order valence-corrected chi connectivity index (χ1v) is 11.3. The van der Waals surface area contributed by atoms with E-state index in [0.29, 0.717) is 37.2 Å². The van der Waals surface area contributed by atoms with Gasteiger partial charge in [-0.2, -0.15) is 0 Å². The zero-order valence-corrected chi connectivity index (χ0v) is 18.6. The van der Waals surface area contributed by atoms with E-state index in [1.165, 1.54) is 33.8 Å². The average Bonchev–Trinajstić information content (AvgIpc) is 3.49. The summed E-state index contributed by atoms with van der Waals surface area (Å²) in [4.78, 5) is 28.2. The van der Waals surface area contributed by atoms with Crippen molar-refractivity contribution in [3.8, 4) is 0 Å². The minimum Gasteiger partial charge on any atom is -0.376 e. The summed E-state index contributed by atoms with van der Waals surface area (Å²) in [5, 5.41) is 11.2. The molecule has 0 aliphatic carbocycles. The number of carbonyl (C=O) groups is 2. The van der Waals surface area contributed by atoms with E-state index in [-0.39, 0.29) is 24.5 Å². The lowest BCUT2D eigenvalue weighted by Gasteiger charge is -2.31. The number of nitrogens with one attached hydrogen (secondary N) is 1. The Bertz CT molecular complexity index is 1090. The molecule has 1 saturated heterocycles. The SMILES string of the molecule is CCCC(C(=O)NCC1CCCO1)N(C(=O)Cn1nnc2ccccc21)c1ccc(F)cc1. The number of nitrogens with zero attached hydrogens (tertiary/aromatic N) is 4. The minimum atomic E-state index is -0.746.